The van der Waals surface area contributed by atoms with Gasteiger partial charge in [0.25, 0.3) is 0 Å². The van der Waals surface area contributed by atoms with Crippen molar-refractivity contribution in [2.24, 2.45) is 11.7 Å². The van der Waals surface area contributed by atoms with Crippen LogP contribution in [0.4, 0.5) is 0 Å². The van der Waals surface area contributed by atoms with Gasteiger partial charge in [-0.05, 0) is 42.7 Å². The first-order valence-electron chi connectivity index (χ1n) is 7.79. The summed E-state index contributed by atoms with van der Waals surface area (Å²) < 4.78 is 0. The molecule has 1 aliphatic carbocycles. The molecule has 1 fully saturated rings. The summed E-state index contributed by atoms with van der Waals surface area (Å²) in [6, 6.07) is 8.62. The molecule has 3 nitrogen and oxygen atoms in total. The molecule has 1 saturated heterocycles. The van der Waals surface area contributed by atoms with Gasteiger partial charge in [0.1, 0.15) is 0 Å². The Kier molecular flexibility index (Phi) is 3.79. The predicted octanol–water partition coefficient (Wildman–Crippen LogP) is 2.30. The summed E-state index contributed by atoms with van der Waals surface area (Å²) in [6.45, 7) is 3.72. The van der Waals surface area contributed by atoms with Crippen molar-refractivity contribution in [2.75, 3.05) is 13.1 Å². The summed E-state index contributed by atoms with van der Waals surface area (Å²) in [7, 11) is 0. The zero-order chi connectivity index (χ0) is 14.1. The first kappa shape index (κ1) is 13.6. The minimum Gasteiger partial charge on any atom is -0.338 e. The molecule has 2 N–H and O–H groups in total. The van der Waals surface area contributed by atoms with Gasteiger partial charge in [-0.3, -0.25) is 4.79 Å². The number of nitrogens with two attached hydrogens (primary N) is 1. The fourth-order valence-corrected chi connectivity index (χ4v) is 3.78. The van der Waals surface area contributed by atoms with Gasteiger partial charge in [0.2, 0.25) is 5.91 Å². The molecule has 1 amide bonds. The number of likely N-dealkylation sites (tertiary alicyclic amines) is 1. The Balaban J connectivity index is 1.79. The highest BCUT2D eigenvalue weighted by Crippen LogP contribution is 2.36. The fraction of sp³-hybridized carbons (Fsp3) is 0.588. The van der Waals surface area contributed by atoms with Crippen molar-refractivity contribution in [1.29, 1.82) is 0 Å². The number of hydrogen-bond donors (Lipinski definition) is 1. The molecule has 0 saturated carbocycles. The van der Waals surface area contributed by atoms with Crippen LogP contribution < -0.4 is 5.73 Å². The lowest BCUT2D eigenvalue weighted by molar-refractivity contribution is -0.136. The van der Waals surface area contributed by atoms with Gasteiger partial charge in [0.05, 0.1) is 5.92 Å². The van der Waals surface area contributed by atoms with Gasteiger partial charge in [-0.2, -0.15) is 0 Å². The monoisotopic (exact) mass is 272 g/mol. The van der Waals surface area contributed by atoms with Gasteiger partial charge in [-0.25, -0.2) is 0 Å². The Morgan fingerprint density at radius 1 is 1.35 bits per heavy atom. The molecular weight excluding hydrogens is 248 g/mol. The van der Waals surface area contributed by atoms with Gasteiger partial charge in [-0.15, -0.1) is 0 Å². The molecule has 108 valence electrons. The Hall–Kier alpha value is -1.35. The molecule has 3 atom stereocenters. The van der Waals surface area contributed by atoms with Crippen molar-refractivity contribution in [3.63, 3.8) is 0 Å². The van der Waals surface area contributed by atoms with Gasteiger partial charge in [0, 0.05) is 19.1 Å². The minimum atomic E-state index is 0.0636. The normalized spacial score (nSPS) is 29.3. The van der Waals surface area contributed by atoms with E-state index >= 15 is 0 Å². The second-order valence-corrected chi connectivity index (χ2v) is 6.34. The summed E-state index contributed by atoms with van der Waals surface area (Å²) in [5, 5.41) is 0. The summed E-state index contributed by atoms with van der Waals surface area (Å²) in [4.78, 5) is 15.0. The SMILES string of the molecule is CC1CCN(C(=O)C2CCc3ccccc32)C(CN)C1. The van der Waals surface area contributed by atoms with Crippen molar-refractivity contribution in [3.05, 3.63) is 35.4 Å². The number of amides is 1. The molecule has 1 aliphatic heterocycles. The minimum absolute atomic E-state index is 0.0636. The van der Waals surface area contributed by atoms with E-state index in [9.17, 15) is 4.79 Å². The molecule has 0 bridgehead atoms. The van der Waals surface area contributed by atoms with Crippen molar-refractivity contribution in [1.82, 2.24) is 4.90 Å². The van der Waals surface area contributed by atoms with Crippen LogP contribution in [0.2, 0.25) is 0 Å². The zero-order valence-corrected chi connectivity index (χ0v) is 12.2. The van der Waals surface area contributed by atoms with Crippen LogP contribution in [0.3, 0.4) is 0 Å². The van der Waals surface area contributed by atoms with Crippen LogP contribution in [0.5, 0.6) is 0 Å². The van der Waals surface area contributed by atoms with E-state index in [0.717, 1.165) is 32.2 Å². The van der Waals surface area contributed by atoms with Crippen molar-refractivity contribution in [3.8, 4) is 0 Å². The molecule has 1 aromatic rings. The number of carbonyl (C=O) groups excluding carboxylic acids is 1. The largest absolute Gasteiger partial charge is 0.338 e. The van der Waals surface area contributed by atoms with Crippen molar-refractivity contribution in [2.45, 2.75) is 44.6 Å². The molecule has 0 radical (unpaired) electrons. The smallest absolute Gasteiger partial charge is 0.230 e. The van der Waals surface area contributed by atoms with E-state index in [0.29, 0.717) is 18.4 Å². The Labute approximate surface area is 121 Å². The molecule has 2 aliphatic rings. The second kappa shape index (κ2) is 5.57. The number of piperidine rings is 1. The standard InChI is InChI=1S/C17H24N2O/c1-12-8-9-19(14(10-12)11-18)17(20)16-7-6-13-4-2-3-5-15(13)16/h2-5,12,14,16H,6-11,18H2,1H3. The maximum atomic E-state index is 12.9. The molecule has 3 rings (SSSR count). The van der Waals surface area contributed by atoms with E-state index in [1.807, 2.05) is 6.07 Å². The molecular formula is C17H24N2O. The van der Waals surface area contributed by atoms with Crippen molar-refractivity contribution < 1.29 is 4.79 Å². The van der Waals surface area contributed by atoms with Crippen LogP contribution in [-0.4, -0.2) is 29.9 Å². The van der Waals surface area contributed by atoms with E-state index < -0.39 is 0 Å². The average Bonchev–Trinajstić information content (AvgIpc) is 2.90. The predicted molar refractivity (Wildman–Crippen MR) is 80.5 cm³/mol. The van der Waals surface area contributed by atoms with E-state index in [-0.39, 0.29) is 12.0 Å². The van der Waals surface area contributed by atoms with Crippen molar-refractivity contribution >= 4 is 5.91 Å². The number of rotatable bonds is 2. The van der Waals surface area contributed by atoms with Crippen LogP contribution in [0, 0.1) is 5.92 Å². The first-order valence-corrected chi connectivity index (χ1v) is 7.79. The molecule has 3 heteroatoms. The molecule has 0 aromatic heterocycles. The third-order valence-corrected chi connectivity index (χ3v) is 4.96. The lowest BCUT2D eigenvalue weighted by Crippen LogP contribution is -2.50. The first-order chi connectivity index (χ1) is 9.70. The number of hydrogen-bond acceptors (Lipinski definition) is 2. The van der Waals surface area contributed by atoms with E-state index in [4.69, 9.17) is 5.73 Å². The Morgan fingerprint density at radius 3 is 2.95 bits per heavy atom. The molecule has 20 heavy (non-hydrogen) atoms. The number of carbonyl (C=O) groups is 1. The lowest BCUT2D eigenvalue weighted by Gasteiger charge is -2.39. The van der Waals surface area contributed by atoms with Crippen LogP contribution in [0.15, 0.2) is 24.3 Å². The van der Waals surface area contributed by atoms with Gasteiger partial charge in [-0.1, -0.05) is 31.2 Å². The highest BCUT2D eigenvalue weighted by atomic mass is 16.2. The molecule has 0 spiro atoms. The highest BCUT2D eigenvalue weighted by Gasteiger charge is 2.36. The number of aryl methyl sites for hydroxylation is 1. The van der Waals surface area contributed by atoms with Gasteiger partial charge < -0.3 is 10.6 Å². The number of fused-ring (bicyclic) bond motifs is 1. The van der Waals surface area contributed by atoms with Crippen LogP contribution >= 0.6 is 0 Å². The molecule has 1 heterocycles. The average molecular weight is 272 g/mol. The summed E-state index contributed by atoms with van der Waals surface area (Å²) >= 11 is 0. The third kappa shape index (κ3) is 2.35. The summed E-state index contributed by atoms with van der Waals surface area (Å²) in [5.41, 5.74) is 8.48. The zero-order valence-electron chi connectivity index (χ0n) is 12.2. The second-order valence-electron chi connectivity index (χ2n) is 6.34. The van der Waals surface area contributed by atoms with Crippen LogP contribution in [0.1, 0.15) is 43.2 Å². The van der Waals surface area contributed by atoms with Gasteiger partial charge >= 0.3 is 0 Å². The van der Waals surface area contributed by atoms with E-state index in [1.165, 1.54) is 11.1 Å². The Bertz CT molecular complexity index is 500. The maximum Gasteiger partial charge on any atom is 0.230 e. The lowest BCUT2D eigenvalue weighted by atomic mass is 9.90. The maximum absolute atomic E-state index is 12.9. The Morgan fingerprint density at radius 2 is 2.15 bits per heavy atom. The number of nitrogens with zero attached hydrogens (tertiary/aromatic N) is 1. The topological polar surface area (TPSA) is 46.3 Å². The summed E-state index contributed by atoms with van der Waals surface area (Å²) in [6.07, 6.45) is 4.15. The van der Waals surface area contributed by atoms with Gasteiger partial charge in [0.15, 0.2) is 0 Å². The highest BCUT2D eigenvalue weighted by molar-refractivity contribution is 5.85. The third-order valence-electron chi connectivity index (χ3n) is 4.96. The fourth-order valence-electron chi connectivity index (χ4n) is 3.78. The summed E-state index contributed by atoms with van der Waals surface area (Å²) in [5.74, 6) is 1.05. The van der Waals surface area contributed by atoms with Crippen LogP contribution in [0.25, 0.3) is 0 Å². The van der Waals surface area contributed by atoms with Crippen LogP contribution in [-0.2, 0) is 11.2 Å². The van der Waals surface area contributed by atoms with E-state index in [1.54, 1.807) is 0 Å². The molecule has 1 aromatic carbocycles. The number of benzene rings is 1. The molecule has 3 unspecified atom stereocenters. The van der Waals surface area contributed by atoms with E-state index in [2.05, 4.69) is 30.0 Å². The quantitative estimate of drug-likeness (QED) is 0.898.